The Morgan fingerprint density at radius 3 is 2.62 bits per heavy atom. The van der Waals surface area contributed by atoms with Gasteiger partial charge in [-0.05, 0) is 36.6 Å². The SMILES string of the molecule is CCC(N)C(Oc1ccccc1CCO)c1ccccn1. The number of hydrogen-bond donors (Lipinski definition) is 2. The highest BCUT2D eigenvalue weighted by Gasteiger charge is 2.22. The summed E-state index contributed by atoms with van der Waals surface area (Å²) in [6.07, 6.45) is 2.81. The van der Waals surface area contributed by atoms with Crippen LogP contribution in [0.4, 0.5) is 0 Å². The molecule has 3 N–H and O–H groups in total. The Labute approximate surface area is 125 Å². The fraction of sp³-hybridized carbons (Fsp3) is 0.353. The second-order valence-corrected chi connectivity index (χ2v) is 4.95. The number of nitrogens with two attached hydrogens (primary N) is 1. The van der Waals surface area contributed by atoms with Crippen LogP contribution in [-0.2, 0) is 6.42 Å². The van der Waals surface area contributed by atoms with Crippen molar-refractivity contribution in [2.24, 2.45) is 5.73 Å². The molecular weight excluding hydrogens is 264 g/mol. The van der Waals surface area contributed by atoms with Crippen molar-refractivity contribution in [3.63, 3.8) is 0 Å². The van der Waals surface area contributed by atoms with Gasteiger partial charge in [-0.3, -0.25) is 4.98 Å². The largest absolute Gasteiger partial charge is 0.482 e. The predicted octanol–water partition coefficient (Wildman–Crippen LogP) is 2.47. The topological polar surface area (TPSA) is 68.4 Å². The lowest BCUT2D eigenvalue weighted by Crippen LogP contribution is -2.32. The van der Waals surface area contributed by atoms with E-state index < -0.39 is 0 Å². The molecule has 0 fully saturated rings. The molecule has 2 rings (SSSR count). The summed E-state index contributed by atoms with van der Waals surface area (Å²) in [6.45, 7) is 2.12. The zero-order valence-electron chi connectivity index (χ0n) is 12.3. The number of pyridine rings is 1. The van der Waals surface area contributed by atoms with Crippen LogP contribution < -0.4 is 10.5 Å². The molecule has 1 aromatic carbocycles. The van der Waals surface area contributed by atoms with Gasteiger partial charge in [0.1, 0.15) is 5.75 Å². The molecule has 0 radical (unpaired) electrons. The number of ether oxygens (including phenoxy) is 1. The van der Waals surface area contributed by atoms with Gasteiger partial charge in [0.2, 0.25) is 0 Å². The first-order valence-electron chi connectivity index (χ1n) is 7.28. The molecule has 0 saturated heterocycles. The Kier molecular flexibility index (Phi) is 5.72. The van der Waals surface area contributed by atoms with E-state index in [2.05, 4.69) is 4.98 Å². The lowest BCUT2D eigenvalue weighted by Gasteiger charge is -2.25. The van der Waals surface area contributed by atoms with E-state index >= 15 is 0 Å². The maximum atomic E-state index is 9.16. The summed E-state index contributed by atoms with van der Waals surface area (Å²) in [7, 11) is 0. The third kappa shape index (κ3) is 4.03. The quantitative estimate of drug-likeness (QED) is 0.820. The molecule has 0 saturated carbocycles. The van der Waals surface area contributed by atoms with Crippen molar-refractivity contribution in [1.29, 1.82) is 0 Å². The van der Waals surface area contributed by atoms with Gasteiger partial charge in [-0.1, -0.05) is 31.2 Å². The van der Waals surface area contributed by atoms with Gasteiger partial charge in [0.25, 0.3) is 0 Å². The smallest absolute Gasteiger partial charge is 0.155 e. The monoisotopic (exact) mass is 286 g/mol. The second-order valence-electron chi connectivity index (χ2n) is 4.95. The van der Waals surface area contributed by atoms with Crippen molar-refractivity contribution in [2.75, 3.05) is 6.61 Å². The van der Waals surface area contributed by atoms with Gasteiger partial charge < -0.3 is 15.6 Å². The summed E-state index contributed by atoms with van der Waals surface area (Å²) < 4.78 is 6.14. The van der Waals surface area contributed by atoms with E-state index in [-0.39, 0.29) is 18.8 Å². The molecule has 0 aliphatic carbocycles. The number of aliphatic hydroxyl groups is 1. The van der Waals surface area contributed by atoms with E-state index in [0.717, 1.165) is 23.4 Å². The van der Waals surface area contributed by atoms with Crippen LogP contribution in [0.5, 0.6) is 5.75 Å². The second kappa shape index (κ2) is 7.76. The molecule has 0 bridgehead atoms. The van der Waals surface area contributed by atoms with Gasteiger partial charge in [0.15, 0.2) is 6.10 Å². The number of rotatable bonds is 7. The van der Waals surface area contributed by atoms with Gasteiger partial charge >= 0.3 is 0 Å². The van der Waals surface area contributed by atoms with Crippen LogP contribution in [0, 0.1) is 0 Å². The van der Waals surface area contributed by atoms with E-state index in [9.17, 15) is 0 Å². The van der Waals surface area contributed by atoms with Crippen molar-refractivity contribution < 1.29 is 9.84 Å². The summed E-state index contributed by atoms with van der Waals surface area (Å²) in [5.41, 5.74) is 8.01. The molecule has 0 aliphatic rings. The Bertz CT molecular complexity index is 545. The Morgan fingerprint density at radius 1 is 1.19 bits per heavy atom. The van der Waals surface area contributed by atoms with Crippen molar-refractivity contribution >= 4 is 0 Å². The molecule has 2 aromatic rings. The van der Waals surface area contributed by atoms with Crippen LogP contribution in [0.25, 0.3) is 0 Å². The van der Waals surface area contributed by atoms with Gasteiger partial charge in [-0.2, -0.15) is 0 Å². The fourth-order valence-electron chi connectivity index (χ4n) is 2.21. The van der Waals surface area contributed by atoms with Crippen LogP contribution in [0.2, 0.25) is 0 Å². The predicted molar refractivity (Wildman–Crippen MR) is 83.1 cm³/mol. The van der Waals surface area contributed by atoms with Crippen LogP contribution >= 0.6 is 0 Å². The maximum Gasteiger partial charge on any atom is 0.155 e. The molecule has 1 aromatic heterocycles. The maximum absolute atomic E-state index is 9.16. The van der Waals surface area contributed by atoms with E-state index in [1.54, 1.807) is 6.20 Å². The summed E-state index contributed by atoms with van der Waals surface area (Å²) >= 11 is 0. The Hall–Kier alpha value is -1.91. The molecule has 0 spiro atoms. The van der Waals surface area contributed by atoms with Crippen LogP contribution in [0.1, 0.15) is 30.7 Å². The lowest BCUT2D eigenvalue weighted by molar-refractivity contribution is 0.164. The first-order chi connectivity index (χ1) is 10.3. The van der Waals surface area contributed by atoms with Gasteiger partial charge in [-0.25, -0.2) is 0 Å². The van der Waals surface area contributed by atoms with E-state index in [1.807, 2.05) is 49.4 Å². The Morgan fingerprint density at radius 2 is 1.95 bits per heavy atom. The van der Waals surface area contributed by atoms with Gasteiger partial charge in [0.05, 0.1) is 5.69 Å². The van der Waals surface area contributed by atoms with E-state index in [1.165, 1.54) is 0 Å². The average molecular weight is 286 g/mol. The molecule has 112 valence electrons. The summed E-state index contributed by atoms with van der Waals surface area (Å²) in [6, 6.07) is 13.3. The van der Waals surface area contributed by atoms with Crippen molar-refractivity contribution in [1.82, 2.24) is 4.98 Å². The summed E-state index contributed by atoms with van der Waals surface area (Å²) in [5, 5.41) is 9.16. The normalized spacial score (nSPS) is 13.7. The van der Waals surface area contributed by atoms with Crippen molar-refractivity contribution in [2.45, 2.75) is 31.9 Å². The van der Waals surface area contributed by atoms with Crippen LogP contribution in [0.15, 0.2) is 48.7 Å². The lowest BCUT2D eigenvalue weighted by atomic mass is 10.0. The van der Waals surface area contributed by atoms with Crippen LogP contribution in [-0.4, -0.2) is 22.7 Å². The highest BCUT2D eigenvalue weighted by Crippen LogP contribution is 2.27. The summed E-state index contributed by atoms with van der Waals surface area (Å²) in [5.74, 6) is 0.756. The molecule has 2 atom stereocenters. The Balaban J connectivity index is 2.27. The number of aromatic nitrogens is 1. The summed E-state index contributed by atoms with van der Waals surface area (Å²) in [4.78, 5) is 4.37. The number of nitrogens with zero attached hydrogens (tertiary/aromatic N) is 1. The number of aliphatic hydroxyl groups excluding tert-OH is 1. The van der Waals surface area contributed by atoms with Gasteiger partial charge in [-0.15, -0.1) is 0 Å². The molecule has 1 heterocycles. The zero-order chi connectivity index (χ0) is 15.1. The van der Waals surface area contributed by atoms with E-state index in [0.29, 0.717) is 6.42 Å². The average Bonchev–Trinajstić information content (AvgIpc) is 2.54. The minimum Gasteiger partial charge on any atom is -0.482 e. The molecule has 2 unspecified atom stereocenters. The first-order valence-corrected chi connectivity index (χ1v) is 7.28. The minimum absolute atomic E-state index is 0.0917. The molecule has 4 nitrogen and oxygen atoms in total. The minimum atomic E-state index is -0.295. The molecule has 21 heavy (non-hydrogen) atoms. The number of benzene rings is 1. The van der Waals surface area contributed by atoms with Crippen LogP contribution in [0.3, 0.4) is 0 Å². The first kappa shape index (κ1) is 15.5. The number of hydrogen-bond acceptors (Lipinski definition) is 4. The third-order valence-corrected chi connectivity index (χ3v) is 3.45. The molecule has 4 heteroatoms. The zero-order valence-corrected chi connectivity index (χ0v) is 12.3. The molecule has 0 aliphatic heterocycles. The molecular formula is C17H22N2O2. The number of para-hydroxylation sites is 1. The van der Waals surface area contributed by atoms with E-state index in [4.69, 9.17) is 15.6 Å². The standard InChI is InChI=1S/C17H22N2O2/c1-2-14(18)17(15-8-5-6-11-19-15)21-16-9-4-3-7-13(16)10-12-20/h3-9,11,14,17,20H,2,10,12,18H2,1H3. The molecule has 0 amide bonds. The highest BCUT2D eigenvalue weighted by molar-refractivity contribution is 5.34. The highest BCUT2D eigenvalue weighted by atomic mass is 16.5. The van der Waals surface area contributed by atoms with Crippen molar-refractivity contribution in [3.05, 3.63) is 59.9 Å². The third-order valence-electron chi connectivity index (χ3n) is 3.45. The van der Waals surface area contributed by atoms with Crippen molar-refractivity contribution in [3.8, 4) is 5.75 Å². The fourth-order valence-corrected chi connectivity index (χ4v) is 2.21. The van der Waals surface area contributed by atoms with Gasteiger partial charge in [0, 0.05) is 18.8 Å².